The van der Waals surface area contributed by atoms with Crippen LogP contribution in [-0.2, 0) is 0 Å². The van der Waals surface area contributed by atoms with E-state index in [9.17, 15) is 9.59 Å². The highest BCUT2D eigenvalue weighted by Crippen LogP contribution is 2.32. The Balaban J connectivity index is 1.86. The first-order chi connectivity index (χ1) is 11.6. The molecule has 0 bridgehead atoms. The molecule has 124 valence electrons. The monoisotopic (exact) mass is 327 g/mol. The predicted octanol–water partition coefficient (Wildman–Crippen LogP) is 2.24. The third-order valence-electron chi connectivity index (χ3n) is 3.86. The van der Waals surface area contributed by atoms with Gasteiger partial charge in [-0.15, -0.1) is 0 Å². The Morgan fingerprint density at radius 3 is 2.29 bits per heavy atom. The van der Waals surface area contributed by atoms with Crippen LogP contribution in [0.4, 0.5) is 5.69 Å². The van der Waals surface area contributed by atoms with Crippen molar-refractivity contribution in [3.05, 3.63) is 48.0 Å². The smallest absolute Gasteiger partial charge is 0.356 e. The quantitative estimate of drug-likeness (QED) is 0.874. The van der Waals surface area contributed by atoms with E-state index >= 15 is 0 Å². The molecule has 0 atom stereocenters. The molecular weight excluding hydrogens is 310 g/mol. The number of aromatic carboxylic acids is 1. The maximum Gasteiger partial charge on any atom is 0.356 e. The van der Waals surface area contributed by atoms with Crippen LogP contribution >= 0.6 is 0 Å². The number of hydrogen-bond acceptors (Lipinski definition) is 5. The molecule has 0 unspecified atom stereocenters. The molecular formula is C17H17N3O4. The van der Waals surface area contributed by atoms with Gasteiger partial charge in [0, 0.05) is 12.2 Å². The van der Waals surface area contributed by atoms with Gasteiger partial charge in [-0.3, -0.25) is 4.79 Å². The number of carboxylic acid groups (broad SMARTS) is 1. The second kappa shape index (κ2) is 6.66. The van der Waals surface area contributed by atoms with Crippen LogP contribution in [0.25, 0.3) is 0 Å². The van der Waals surface area contributed by atoms with Crippen LogP contribution in [0.3, 0.4) is 0 Å². The summed E-state index contributed by atoms with van der Waals surface area (Å²) >= 11 is 0. The lowest BCUT2D eigenvalue weighted by Crippen LogP contribution is -2.33. The molecule has 3 rings (SSSR count). The van der Waals surface area contributed by atoms with Crippen molar-refractivity contribution >= 4 is 17.6 Å². The molecule has 2 aromatic rings. The lowest BCUT2D eigenvalue weighted by Gasteiger charge is -2.22. The molecule has 7 nitrogen and oxygen atoms in total. The van der Waals surface area contributed by atoms with Crippen molar-refractivity contribution in [3.8, 4) is 5.75 Å². The van der Waals surface area contributed by atoms with Crippen LogP contribution in [0.5, 0.6) is 5.75 Å². The number of nitrogens with zero attached hydrogens (tertiary/aromatic N) is 3. The second-order valence-corrected chi connectivity index (χ2v) is 5.65. The third-order valence-corrected chi connectivity index (χ3v) is 3.86. The van der Waals surface area contributed by atoms with Crippen molar-refractivity contribution in [2.75, 3.05) is 18.6 Å². The number of aromatic nitrogens is 2. The maximum absolute atomic E-state index is 12.8. The molecule has 1 fully saturated rings. The molecule has 24 heavy (non-hydrogen) atoms. The van der Waals surface area contributed by atoms with Gasteiger partial charge in [0.2, 0.25) is 0 Å². The molecule has 0 saturated heterocycles. The summed E-state index contributed by atoms with van der Waals surface area (Å²) < 4.78 is 5.14. The Bertz CT molecular complexity index is 739. The number of methoxy groups -OCH3 is 1. The first kappa shape index (κ1) is 15.9. The SMILES string of the molecule is COc1ccc(N(CC2CC2)C(=O)c2cnc(C(=O)O)cn2)cc1. The average Bonchev–Trinajstić information content (AvgIpc) is 3.43. The zero-order valence-electron chi connectivity index (χ0n) is 13.2. The molecule has 1 aliphatic rings. The zero-order valence-corrected chi connectivity index (χ0v) is 13.2. The summed E-state index contributed by atoms with van der Waals surface area (Å²) in [6, 6.07) is 7.22. The second-order valence-electron chi connectivity index (χ2n) is 5.65. The van der Waals surface area contributed by atoms with Crippen molar-refractivity contribution in [3.63, 3.8) is 0 Å². The molecule has 0 radical (unpaired) electrons. The largest absolute Gasteiger partial charge is 0.497 e. The summed E-state index contributed by atoms with van der Waals surface area (Å²) in [4.78, 5) is 33.0. The molecule has 0 aliphatic heterocycles. The normalized spacial score (nSPS) is 13.4. The highest BCUT2D eigenvalue weighted by Gasteiger charge is 2.29. The Hall–Kier alpha value is -2.96. The number of amides is 1. The van der Waals surface area contributed by atoms with Crippen LogP contribution in [0.15, 0.2) is 36.7 Å². The van der Waals surface area contributed by atoms with Crippen LogP contribution in [0.1, 0.15) is 33.8 Å². The highest BCUT2D eigenvalue weighted by molar-refractivity contribution is 6.04. The third kappa shape index (κ3) is 3.51. The van der Waals surface area contributed by atoms with Gasteiger partial charge in [0.1, 0.15) is 11.4 Å². The summed E-state index contributed by atoms with van der Waals surface area (Å²) in [5.41, 5.74) is 0.679. The standard InChI is InChI=1S/C17H17N3O4/c1-24-13-6-4-12(5-7-13)20(10-11-2-3-11)16(21)14-8-19-15(9-18-14)17(22)23/h4-9,11H,2-3,10H2,1H3,(H,22,23). The molecule has 0 spiro atoms. The Morgan fingerprint density at radius 1 is 1.17 bits per heavy atom. The van der Waals surface area contributed by atoms with E-state index in [4.69, 9.17) is 9.84 Å². The van der Waals surface area contributed by atoms with E-state index in [1.807, 2.05) is 12.1 Å². The topological polar surface area (TPSA) is 92.6 Å². The van der Waals surface area contributed by atoms with E-state index < -0.39 is 5.97 Å². The summed E-state index contributed by atoms with van der Waals surface area (Å²) in [5, 5.41) is 8.87. The van der Waals surface area contributed by atoms with E-state index in [2.05, 4.69) is 9.97 Å². The van der Waals surface area contributed by atoms with Gasteiger partial charge in [-0.25, -0.2) is 14.8 Å². The number of rotatable bonds is 6. The molecule has 1 aromatic heterocycles. The van der Waals surface area contributed by atoms with Gasteiger partial charge >= 0.3 is 5.97 Å². The fourth-order valence-electron chi connectivity index (χ4n) is 2.31. The fourth-order valence-corrected chi connectivity index (χ4v) is 2.31. The number of hydrogen-bond donors (Lipinski definition) is 1. The van der Waals surface area contributed by atoms with Crippen molar-refractivity contribution < 1.29 is 19.4 Å². The number of carbonyl (C=O) groups is 2. The molecule has 1 saturated carbocycles. The molecule has 1 aromatic carbocycles. The van der Waals surface area contributed by atoms with Gasteiger partial charge in [-0.05, 0) is 43.0 Å². The van der Waals surface area contributed by atoms with Crippen LogP contribution in [0, 0.1) is 5.92 Å². The summed E-state index contributed by atoms with van der Waals surface area (Å²) in [6.07, 6.45) is 4.50. The fraction of sp³-hybridized carbons (Fsp3) is 0.294. The summed E-state index contributed by atoms with van der Waals surface area (Å²) in [5.74, 6) is -0.270. The maximum atomic E-state index is 12.8. The Kier molecular flexibility index (Phi) is 4.41. The minimum atomic E-state index is -1.17. The van der Waals surface area contributed by atoms with Crippen LogP contribution < -0.4 is 9.64 Å². The van der Waals surface area contributed by atoms with Crippen molar-refractivity contribution in [1.29, 1.82) is 0 Å². The van der Waals surface area contributed by atoms with Gasteiger partial charge in [-0.1, -0.05) is 0 Å². The van der Waals surface area contributed by atoms with Gasteiger partial charge in [-0.2, -0.15) is 0 Å². The Morgan fingerprint density at radius 2 is 1.79 bits per heavy atom. The Labute approximate surface area is 138 Å². The van der Waals surface area contributed by atoms with E-state index in [1.165, 1.54) is 6.20 Å². The van der Waals surface area contributed by atoms with Crippen molar-refractivity contribution in [2.24, 2.45) is 5.92 Å². The van der Waals surface area contributed by atoms with Gasteiger partial charge in [0.25, 0.3) is 5.91 Å². The van der Waals surface area contributed by atoms with Crippen LogP contribution in [0.2, 0.25) is 0 Å². The average molecular weight is 327 g/mol. The molecule has 1 heterocycles. The first-order valence-electron chi connectivity index (χ1n) is 7.59. The number of ether oxygens (including phenoxy) is 1. The van der Waals surface area contributed by atoms with E-state index in [0.29, 0.717) is 18.2 Å². The minimum absolute atomic E-state index is 0.122. The predicted molar refractivity (Wildman–Crippen MR) is 86.4 cm³/mol. The first-order valence-corrected chi connectivity index (χ1v) is 7.59. The lowest BCUT2D eigenvalue weighted by atomic mass is 10.2. The summed E-state index contributed by atoms with van der Waals surface area (Å²) in [7, 11) is 1.59. The molecule has 1 amide bonds. The van der Waals surface area contributed by atoms with E-state index in [1.54, 1.807) is 24.1 Å². The zero-order chi connectivity index (χ0) is 17.1. The highest BCUT2D eigenvalue weighted by atomic mass is 16.5. The number of anilines is 1. The summed E-state index contributed by atoms with van der Waals surface area (Å²) in [6.45, 7) is 0.605. The number of benzene rings is 1. The van der Waals surface area contributed by atoms with E-state index in [0.717, 1.165) is 24.7 Å². The molecule has 1 N–H and O–H groups in total. The van der Waals surface area contributed by atoms with Crippen molar-refractivity contribution in [2.45, 2.75) is 12.8 Å². The van der Waals surface area contributed by atoms with Gasteiger partial charge < -0.3 is 14.7 Å². The van der Waals surface area contributed by atoms with Gasteiger partial charge in [0.05, 0.1) is 19.5 Å². The minimum Gasteiger partial charge on any atom is -0.497 e. The van der Waals surface area contributed by atoms with Crippen molar-refractivity contribution in [1.82, 2.24) is 9.97 Å². The van der Waals surface area contributed by atoms with Gasteiger partial charge in [0.15, 0.2) is 5.69 Å². The molecule has 7 heteroatoms. The van der Waals surface area contributed by atoms with Crippen LogP contribution in [-0.4, -0.2) is 40.6 Å². The number of carbonyl (C=O) groups excluding carboxylic acids is 1. The molecule has 1 aliphatic carbocycles. The van der Waals surface area contributed by atoms with E-state index in [-0.39, 0.29) is 17.3 Å². The lowest BCUT2D eigenvalue weighted by molar-refractivity contribution is 0.0689. The number of carboxylic acids is 1.